The second kappa shape index (κ2) is 6.46. The number of phenols is 1. The Morgan fingerprint density at radius 1 is 1.21 bits per heavy atom. The number of nitrogens with one attached hydrogen (secondary N) is 1. The molecule has 1 saturated heterocycles. The van der Waals surface area contributed by atoms with Gasteiger partial charge in [-0.15, -0.1) is 0 Å². The second-order valence-corrected chi connectivity index (χ2v) is 6.88. The zero-order valence-electron chi connectivity index (χ0n) is 13.4. The molecule has 2 aromatic heterocycles. The van der Waals surface area contributed by atoms with Gasteiger partial charge in [0.1, 0.15) is 16.5 Å². The Labute approximate surface area is 146 Å². The summed E-state index contributed by atoms with van der Waals surface area (Å²) in [4.78, 5) is 10.0. The molecule has 2 N–H and O–H groups in total. The van der Waals surface area contributed by atoms with Gasteiger partial charge < -0.3 is 10.1 Å². The Balaban J connectivity index is 1.42. The van der Waals surface area contributed by atoms with E-state index in [2.05, 4.69) is 20.9 Å². The van der Waals surface area contributed by atoms with Gasteiger partial charge in [-0.1, -0.05) is 23.7 Å². The molecule has 0 amide bonds. The molecule has 24 heavy (non-hydrogen) atoms. The first-order valence-corrected chi connectivity index (χ1v) is 8.70. The van der Waals surface area contributed by atoms with Gasteiger partial charge in [0.05, 0.1) is 0 Å². The van der Waals surface area contributed by atoms with E-state index in [4.69, 9.17) is 11.6 Å². The van der Waals surface area contributed by atoms with Crippen LogP contribution < -0.4 is 0 Å². The van der Waals surface area contributed by atoms with Crippen LogP contribution in [-0.2, 0) is 6.54 Å². The molecule has 124 valence electrons. The Morgan fingerprint density at radius 3 is 2.83 bits per heavy atom. The van der Waals surface area contributed by atoms with Crippen molar-refractivity contribution in [2.45, 2.75) is 25.3 Å². The summed E-state index contributed by atoms with van der Waals surface area (Å²) in [7, 11) is 0. The monoisotopic (exact) mass is 341 g/mol. The van der Waals surface area contributed by atoms with E-state index in [0.29, 0.717) is 16.8 Å². The van der Waals surface area contributed by atoms with Gasteiger partial charge in [0, 0.05) is 18.1 Å². The molecule has 0 aliphatic carbocycles. The van der Waals surface area contributed by atoms with Crippen LogP contribution in [0, 0.1) is 0 Å². The van der Waals surface area contributed by atoms with Gasteiger partial charge >= 0.3 is 0 Å². The first-order valence-electron chi connectivity index (χ1n) is 8.33. The van der Waals surface area contributed by atoms with Crippen molar-refractivity contribution in [3.8, 4) is 5.75 Å². The molecule has 1 aliphatic rings. The highest BCUT2D eigenvalue weighted by Gasteiger charge is 2.21. The molecule has 0 saturated carbocycles. The van der Waals surface area contributed by atoms with Crippen LogP contribution in [0.15, 0.2) is 42.6 Å². The number of pyridine rings is 1. The van der Waals surface area contributed by atoms with Gasteiger partial charge in [-0.05, 0) is 67.2 Å². The van der Waals surface area contributed by atoms with Crippen molar-refractivity contribution in [2.75, 3.05) is 13.1 Å². The van der Waals surface area contributed by atoms with Gasteiger partial charge in [0.15, 0.2) is 0 Å². The molecule has 0 atom stereocenters. The van der Waals surface area contributed by atoms with E-state index in [-0.39, 0.29) is 0 Å². The van der Waals surface area contributed by atoms with Crippen LogP contribution >= 0.6 is 11.6 Å². The number of rotatable bonds is 3. The summed E-state index contributed by atoms with van der Waals surface area (Å²) in [5, 5.41) is 11.3. The normalized spacial score (nSPS) is 16.7. The predicted molar refractivity (Wildman–Crippen MR) is 96.5 cm³/mol. The number of phenolic OH excluding ortho intramolecular Hbond substituents is 1. The first kappa shape index (κ1) is 15.5. The van der Waals surface area contributed by atoms with Crippen molar-refractivity contribution >= 4 is 22.6 Å². The van der Waals surface area contributed by atoms with Gasteiger partial charge in [-0.3, -0.25) is 4.90 Å². The number of aromatic nitrogens is 2. The zero-order chi connectivity index (χ0) is 16.5. The predicted octanol–water partition coefficient (Wildman–Crippen LogP) is 4.30. The average molecular weight is 342 g/mol. The van der Waals surface area contributed by atoms with Crippen LogP contribution in [0.4, 0.5) is 0 Å². The molecule has 1 aliphatic heterocycles. The molecule has 3 aromatic rings. The molecule has 4 rings (SSSR count). The maximum absolute atomic E-state index is 9.66. The highest BCUT2D eigenvalue weighted by atomic mass is 35.5. The number of aromatic hydroxyl groups is 1. The summed E-state index contributed by atoms with van der Waals surface area (Å²) in [6.07, 6.45) is 4.28. The van der Waals surface area contributed by atoms with Crippen LogP contribution in [-0.4, -0.2) is 33.1 Å². The number of nitrogens with zero attached hydrogens (tertiary/aromatic N) is 2. The number of piperidine rings is 1. The lowest BCUT2D eigenvalue weighted by Crippen LogP contribution is -2.32. The molecular formula is C19H20ClN3O. The Morgan fingerprint density at radius 2 is 2.04 bits per heavy atom. The SMILES string of the molecule is Oc1cccc(C2CCN(Cc3c[nH]c4nc(Cl)ccc34)CC2)c1. The third-order valence-corrected chi connectivity index (χ3v) is 5.12. The number of halogens is 1. The van der Waals surface area contributed by atoms with Crippen LogP contribution in [0.2, 0.25) is 5.15 Å². The van der Waals surface area contributed by atoms with Crippen molar-refractivity contribution in [1.82, 2.24) is 14.9 Å². The molecule has 0 spiro atoms. The van der Waals surface area contributed by atoms with E-state index in [9.17, 15) is 5.11 Å². The Bertz CT molecular complexity index is 853. The quantitative estimate of drug-likeness (QED) is 0.698. The maximum Gasteiger partial charge on any atom is 0.139 e. The average Bonchev–Trinajstić information content (AvgIpc) is 2.97. The van der Waals surface area contributed by atoms with E-state index in [1.807, 2.05) is 30.5 Å². The van der Waals surface area contributed by atoms with Crippen molar-refractivity contribution in [2.24, 2.45) is 0 Å². The molecule has 0 radical (unpaired) electrons. The molecule has 1 aromatic carbocycles. The number of aromatic amines is 1. The number of likely N-dealkylation sites (tertiary alicyclic amines) is 1. The first-order chi connectivity index (χ1) is 11.7. The van der Waals surface area contributed by atoms with Crippen molar-refractivity contribution in [3.05, 3.63) is 58.9 Å². The second-order valence-electron chi connectivity index (χ2n) is 6.49. The molecule has 5 heteroatoms. The van der Waals surface area contributed by atoms with Crippen LogP contribution in [0.3, 0.4) is 0 Å². The van der Waals surface area contributed by atoms with E-state index >= 15 is 0 Å². The lowest BCUT2D eigenvalue weighted by atomic mass is 9.89. The summed E-state index contributed by atoms with van der Waals surface area (Å²) < 4.78 is 0. The van der Waals surface area contributed by atoms with Crippen LogP contribution in [0.1, 0.15) is 29.9 Å². The van der Waals surface area contributed by atoms with Gasteiger partial charge in [0.25, 0.3) is 0 Å². The number of hydrogen-bond acceptors (Lipinski definition) is 3. The summed E-state index contributed by atoms with van der Waals surface area (Å²) in [6, 6.07) is 11.6. The Hall–Kier alpha value is -2.04. The van der Waals surface area contributed by atoms with Gasteiger partial charge in [-0.25, -0.2) is 4.98 Å². The van der Waals surface area contributed by atoms with Crippen molar-refractivity contribution in [3.63, 3.8) is 0 Å². The van der Waals surface area contributed by atoms with E-state index in [0.717, 1.165) is 43.5 Å². The van der Waals surface area contributed by atoms with Crippen molar-refractivity contribution in [1.29, 1.82) is 0 Å². The van der Waals surface area contributed by atoms with Crippen LogP contribution in [0.5, 0.6) is 5.75 Å². The van der Waals surface area contributed by atoms with E-state index in [1.165, 1.54) is 11.1 Å². The minimum absolute atomic E-state index is 0.361. The summed E-state index contributed by atoms with van der Waals surface area (Å²) in [5.74, 6) is 0.900. The number of benzene rings is 1. The van der Waals surface area contributed by atoms with E-state index in [1.54, 1.807) is 6.07 Å². The lowest BCUT2D eigenvalue weighted by molar-refractivity contribution is 0.205. The molecule has 1 fully saturated rings. The van der Waals surface area contributed by atoms with Crippen molar-refractivity contribution < 1.29 is 5.11 Å². The molecular weight excluding hydrogens is 322 g/mol. The highest BCUT2D eigenvalue weighted by Crippen LogP contribution is 2.31. The third kappa shape index (κ3) is 3.12. The largest absolute Gasteiger partial charge is 0.508 e. The zero-order valence-corrected chi connectivity index (χ0v) is 14.1. The maximum atomic E-state index is 9.66. The smallest absolute Gasteiger partial charge is 0.139 e. The minimum Gasteiger partial charge on any atom is -0.508 e. The van der Waals surface area contributed by atoms with Gasteiger partial charge in [0.2, 0.25) is 0 Å². The summed E-state index contributed by atoms with van der Waals surface area (Å²) in [6.45, 7) is 3.05. The number of H-pyrrole nitrogens is 1. The number of fused-ring (bicyclic) bond motifs is 1. The molecule has 3 heterocycles. The van der Waals surface area contributed by atoms with Gasteiger partial charge in [-0.2, -0.15) is 0 Å². The molecule has 0 unspecified atom stereocenters. The standard InChI is InChI=1S/C19H20ClN3O/c20-18-5-4-17-15(11-21-19(17)22-18)12-23-8-6-13(7-9-23)14-2-1-3-16(24)10-14/h1-5,10-11,13,24H,6-9,12H2,(H,21,22). The highest BCUT2D eigenvalue weighted by molar-refractivity contribution is 6.29. The van der Waals surface area contributed by atoms with Crippen LogP contribution in [0.25, 0.3) is 11.0 Å². The minimum atomic E-state index is 0.361. The topological polar surface area (TPSA) is 52.1 Å². The third-order valence-electron chi connectivity index (χ3n) is 4.91. The molecule has 4 nitrogen and oxygen atoms in total. The number of hydrogen-bond donors (Lipinski definition) is 2. The fourth-order valence-electron chi connectivity index (χ4n) is 3.61. The lowest BCUT2D eigenvalue weighted by Gasteiger charge is -2.32. The molecule has 0 bridgehead atoms. The fraction of sp³-hybridized carbons (Fsp3) is 0.316. The fourth-order valence-corrected chi connectivity index (χ4v) is 3.76. The Kier molecular flexibility index (Phi) is 4.17. The summed E-state index contributed by atoms with van der Waals surface area (Å²) >= 11 is 5.95. The summed E-state index contributed by atoms with van der Waals surface area (Å²) in [5.41, 5.74) is 3.37. The van der Waals surface area contributed by atoms with E-state index < -0.39 is 0 Å².